The van der Waals surface area contributed by atoms with Crippen LogP contribution in [0.5, 0.6) is 0 Å². The van der Waals surface area contributed by atoms with E-state index in [9.17, 15) is 4.79 Å². The summed E-state index contributed by atoms with van der Waals surface area (Å²) in [6.45, 7) is 4.88. The van der Waals surface area contributed by atoms with E-state index in [-0.39, 0.29) is 5.91 Å². The number of halogens is 1. The molecule has 1 aromatic rings. The van der Waals surface area contributed by atoms with Crippen LogP contribution < -0.4 is 0 Å². The predicted molar refractivity (Wildman–Crippen MR) is 89.8 cm³/mol. The number of benzene rings is 1. The Morgan fingerprint density at radius 3 is 2.48 bits per heavy atom. The van der Waals surface area contributed by atoms with Crippen LogP contribution >= 0.6 is 15.9 Å². The number of hydrogen-bond acceptors (Lipinski definition) is 3. The minimum atomic E-state index is 0.0650. The number of carbonyl (C=O) groups is 1. The summed E-state index contributed by atoms with van der Waals surface area (Å²) in [4.78, 5) is 16.7. The van der Waals surface area contributed by atoms with Crippen molar-refractivity contribution in [3.63, 3.8) is 0 Å². The molecule has 0 spiro atoms. The third kappa shape index (κ3) is 6.59. The fourth-order valence-corrected chi connectivity index (χ4v) is 2.74. The third-order valence-corrected chi connectivity index (χ3v) is 3.63. The van der Waals surface area contributed by atoms with Crippen molar-refractivity contribution in [2.24, 2.45) is 0 Å². The van der Waals surface area contributed by atoms with Gasteiger partial charge in [0.1, 0.15) is 0 Å². The van der Waals surface area contributed by atoms with Gasteiger partial charge in [0.2, 0.25) is 0 Å². The van der Waals surface area contributed by atoms with Crippen LogP contribution in [0.2, 0.25) is 0 Å². The molecule has 0 bridgehead atoms. The molecule has 0 saturated heterocycles. The highest BCUT2D eigenvalue weighted by Crippen LogP contribution is 2.17. The van der Waals surface area contributed by atoms with Gasteiger partial charge in [0.05, 0.1) is 6.61 Å². The predicted octanol–water partition coefficient (Wildman–Crippen LogP) is 2.80. The van der Waals surface area contributed by atoms with Gasteiger partial charge in [-0.3, -0.25) is 4.79 Å². The number of aryl methyl sites for hydroxylation is 1. The van der Waals surface area contributed by atoms with Crippen molar-refractivity contribution in [3.8, 4) is 0 Å². The van der Waals surface area contributed by atoms with Gasteiger partial charge in [-0.2, -0.15) is 0 Å². The molecule has 0 heterocycles. The first kappa shape index (κ1) is 18.1. The van der Waals surface area contributed by atoms with Crippen molar-refractivity contribution in [2.45, 2.75) is 13.3 Å². The van der Waals surface area contributed by atoms with E-state index in [0.717, 1.165) is 35.1 Å². The van der Waals surface area contributed by atoms with Gasteiger partial charge in [-0.25, -0.2) is 0 Å². The van der Waals surface area contributed by atoms with E-state index in [1.807, 2.05) is 44.1 Å². The lowest BCUT2D eigenvalue weighted by Crippen LogP contribution is -2.36. The maximum absolute atomic E-state index is 12.7. The Morgan fingerprint density at radius 2 is 1.90 bits per heavy atom. The molecule has 1 aromatic carbocycles. The maximum atomic E-state index is 12.7. The van der Waals surface area contributed by atoms with E-state index >= 15 is 0 Å². The Bertz CT molecular complexity index is 443. The van der Waals surface area contributed by atoms with Crippen LogP contribution in [0.3, 0.4) is 0 Å². The number of carbonyl (C=O) groups excluding carboxylic acids is 1. The second-order valence-corrected chi connectivity index (χ2v) is 6.37. The normalized spacial score (nSPS) is 11.0. The molecule has 0 aromatic heterocycles. The molecular formula is C16H25BrN2O2. The zero-order chi connectivity index (χ0) is 15.8. The fourth-order valence-electron chi connectivity index (χ4n) is 2.14. The van der Waals surface area contributed by atoms with Crippen LogP contribution in [0.1, 0.15) is 22.3 Å². The Labute approximate surface area is 136 Å². The van der Waals surface area contributed by atoms with Gasteiger partial charge >= 0.3 is 0 Å². The van der Waals surface area contributed by atoms with Crippen molar-refractivity contribution in [3.05, 3.63) is 33.8 Å². The minimum Gasteiger partial charge on any atom is -0.383 e. The molecule has 0 radical (unpaired) electrons. The highest BCUT2D eigenvalue weighted by molar-refractivity contribution is 9.10. The molecule has 118 valence electrons. The minimum absolute atomic E-state index is 0.0650. The summed E-state index contributed by atoms with van der Waals surface area (Å²) in [5, 5.41) is 0. The molecule has 0 saturated carbocycles. The van der Waals surface area contributed by atoms with Crippen LogP contribution in [0.25, 0.3) is 0 Å². The highest BCUT2D eigenvalue weighted by atomic mass is 79.9. The van der Waals surface area contributed by atoms with Crippen molar-refractivity contribution >= 4 is 21.8 Å². The number of nitrogens with zero attached hydrogens (tertiary/aromatic N) is 2. The topological polar surface area (TPSA) is 32.8 Å². The van der Waals surface area contributed by atoms with Crippen molar-refractivity contribution in [2.75, 3.05) is 47.4 Å². The standard InChI is InChI=1S/C16H25BrN2O2/c1-13-10-14(12-15(17)11-13)16(20)19(8-9-21-4)7-5-6-18(2)3/h10-12H,5-9H2,1-4H3. The van der Waals surface area contributed by atoms with Crippen LogP contribution in [-0.4, -0.2) is 63.2 Å². The highest BCUT2D eigenvalue weighted by Gasteiger charge is 2.16. The Morgan fingerprint density at radius 1 is 1.19 bits per heavy atom. The molecule has 5 heteroatoms. The molecule has 1 amide bonds. The largest absolute Gasteiger partial charge is 0.383 e. The second kappa shape index (κ2) is 9.18. The summed E-state index contributed by atoms with van der Waals surface area (Å²) in [6, 6.07) is 5.81. The van der Waals surface area contributed by atoms with E-state index in [1.165, 1.54) is 0 Å². The molecule has 0 fully saturated rings. The molecule has 1 rings (SSSR count). The molecule has 0 aliphatic carbocycles. The molecule has 0 aliphatic rings. The zero-order valence-corrected chi connectivity index (χ0v) is 14.9. The average Bonchev–Trinajstić information content (AvgIpc) is 2.40. The summed E-state index contributed by atoms with van der Waals surface area (Å²) in [6.07, 6.45) is 0.954. The lowest BCUT2D eigenvalue weighted by atomic mass is 10.1. The van der Waals surface area contributed by atoms with Crippen LogP contribution in [0.4, 0.5) is 0 Å². The van der Waals surface area contributed by atoms with Crippen LogP contribution in [0.15, 0.2) is 22.7 Å². The quantitative estimate of drug-likeness (QED) is 0.717. The van der Waals surface area contributed by atoms with E-state index in [2.05, 4.69) is 20.8 Å². The maximum Gasteiger partial charge on any atom is 0.253 e. The molecule has 21 heavy (non-hydrogen) atoms. The Balaban J connectivity index is 2.77. The lowest BCUT2D eigenvalue weighted by Gasteiger charge is -2.23. The molecule has 0 N–H and O–H groups in total. The summed E-state index contributed by atoms with van der Waals surface area (Å²) in [5.74, 6) is 0.0650. The van der Waals surface area contributed by atoms with Gasteiger partial charge in [-0.1, -0.05) is 15.9 Å². The zero-order valence-electron chi connectivity index (χ0n) is 13.4. The monoisotopic (exact) mass is 356 g/mol. The van der Waals surface area contributed by atoms with Gasteiger partial charge < -0.3 is 14.5 Å². The van der Waals surface area contributed by atoms with E-state index in [1.54, 1.807) is 7.11 Å². The first-order valence-corrected chi connectivity index (χ1v) is 7.93. The SMILES string of the molecule is COCCN(CCCN(C)C)C(=O)c1cc(C)cc(Br)c1. The van der Waals surface area contributed by atoms with Crippen LogP contribution in [0, 0.1) is 6.92 Å². The molecule has 0 atom stereocenters. The van der Waals surface area contributed by atoms with E-state index < -0.39 is 0 Å². The van der Waals surface area contributed by atoms with Gasteiger partial charge in [0, 0.05) is 30.2 Å². The van der Waals surface area contributed by atoms with Gasteiger partial charge in [-0.15, -0.1) is 0 Å². The first-order chi connectivity index (χ1) is 9.93. The number of hydrogen-bond donors (Lipinski definition) is 0. The lowest BCUT2D eigenvalue weighted by molar-refractivity contribution is 0.0689. The van der Waals surface area contributed by atoms with Gasteiger partial charge in [-0.05, 0) is 57.7 Å². The van der Waals surface area contributed by atoms with Crippen molar-refractivity contribution in [1.29, 1.82) is 0 Å². The summed E-state index contributed by atoms with van der Waals surface area (Å²) in [7, 11) is 5.74. The smallest absolute Gasteiger partial charge is 0.253 e. The third-order valence-electron chi connectivity index (χ3n) is 3.17. The summed E-state index contributed by atoms with van der Waals surface area (Å²) < 4.78 is 6.06. The number of amides is 1. The van der Waals surface area contributed by atoms with E-state index in [4.69, 9.17) is 4.74 Å². The number of ether oxygens (including phenoxy) is 1. The van der Waals surface area contributed by atoms with Gasteiger partial charge in [0.15, 0.2) is 0 Å². The Hall–Kier alpha value is -0.910. The average molecular weight is 357 g/mol. The summed E-state index contributed by atoms with van der Waals surface area (Å²) >= 11 is 3.45. The van der Waals surface area contributed by atoms with Crippen molar-refractivity contribution < 1.29 is 9.53 Å². The van der Waals surface area contributed by atoms with Crippen LogP contribution in [-0.2, 0) is 4.74 Å². The molecular weight excluding hydrogens is 332 g/mol. The molecule has 0 unspecified atom stereocenters. The first-order valence-electron chi connectivity index (χ1n) is 7.14. The fraction of sp³-hybridized carbons (Fsp3) is 0.562. The van der Waals surface area contributed by atoms with E-state index in [0.29, 0.717) is 13.2 Å². The van der Waals surface area contributed by atoms with Gasteiger partial charge in [0.25, 0.3) is 5.91 Å². The molecule has 0 aliphatic heterocycles. The number of rotatable bonds is 8. The molecule has 4 nitrogen and oxygen atoms in total. The second-order valence-electron chi connectivity index (χ2n) is 5.46. The summed E-state index contributed by atoms with van der Waals surface area (Å²) in [5.41, 5.74) is 1.80. The Kier molecular flexibility index (Phi) is 7.93. The van der Waals surface area contributed by atoms with Crippen molar-refractivity contribution in [1.82, 2.24) is 9.80 Å². The number of methoxy groups -OCH3 is 1.